The van der Waals surface area contributed by atoms with Crippen molar-refractivity contribution in [1.82, 2.24) is 10.2 Å². The van der Waals surface area contributed by atoms with Crippen molar-refractivity contribution in [3.8, 4) is 11.5 Å². The molecule has 2 aliphatic rings. The fraction of sp³-hybridized carbons (Fsp3) is 0.417. The van der Waals surface area contributed by atoms with Crippen molar-refractivity contribution in [3.63, 3.8) is 0 Å². The standard InChI is InChI=1S/C24H29N3O4/c1-15-5-4-6-18(11-15)26-24(29)27-10-9-17-12-21(30-2)22(31-3)13-19(17)20(27)14-25-23(28)16-7-8-16/h4-6,11-13,16,20H,7-10,14H2,1-3H3,(H,25,28)(H,26,29)/t20-/m0/s1. The van der Waals surface area contributed by atoms with Crippen molar-refractivity contribution in [2.75, 3.05) is 32.6 Å². The number of ether oxygens (including phenoxy) is 2. The van der Waals surface area contributed by atoms with Gasteiger partial charge in [0.15, 0.2) is 11.5 Å². The van der Waals surface area contributed by atoms with Crippen molar-refractivity contribution in [2.45, 2.75) is 32.2 Å². The average Bonchev–Trinajstić information content (AvgIpc) is 3.61. The van der Waals surface area contributed by atoms with Crippen LogP contribution in [0.2, 0.25) is 0 Å². The molecule has 1 heterocycles. The van der Waals surface area contributed by atoms with Crippen LogP contribution in [0, 0.1) is 12.8 Å². The van der Waals surface area contributed by atoms with Gasteiger partial charge in [-0.1, -0.05) is 12.1 Å². The summed E-state index contributed by atoms with van der Waals surface area (Å²) in [5.41, 5.74) is 3.90. The van der Waals surface area contributed by atoms with Crippen LogP contribution in [-0.4, -0.2) is 44.1 Å². The molecule has 0 saturated heterocycles. The summed E-state index contributed by atoms with van der Waals surface area (Å²) in [4.78, 5) is 27.3. The van der Waals surface area contributed by atoms with E-state index in [4.69, 9.17) is 9.47 Å². The molecule has 1 aliphatic heterocycles. The van der Waals surface area contributed by atoms with Gasteiger partial charge in [0, 0.05) is 24.7 Å². The van der Waals surface area contributed by atoms with Crippen LogP contribution < -0.4 is 20.1 Å². The summed E-state index contributed by atoms with van der Waals surface area (Å²) in [6.07, 6.45) is 2.58. The maximum absolute atomic E-state index is 13.2. The van der Waals surface area contributed by atoms with Crippen LogP contribution in [-0.2, 0) is 11.2 Å². The number of urea groups is 1. The first-order valence-corrected chi connectivity index (χ1v) is 10.7. The maximum Gasteiger partial charge on any atom is 0.322 e. The Labute approximate surface area is 182 Å². The van der Waals surface area contributed by atoms with Crippen molar-refractivity contribution >= 4 is 17.6 Å². The number of hydrogen-bond donors (Lipinski definition) is 2. The smallest absolute Gasteiger partial charge is 0.322 e. The van der Waals surface area contributed by atoms with Gasteiger partial charge in [0.1, 0.15) is 0 Å². The predicted molar refractivity (Wildman–Crippen MR) is 119 cm³/mol. The number of aryl methyl sites for hydroxylation is 1. The van der Waals surface area contributed by atoms with Gasteiger partial charge in [0.25, 0.3) is 0 Å². The van der Waals surface area contributed by atoms with Crippen LogP contribution in [0.25, 0.3) is 0 Å². The normalized spacial score (nSPS) is 17.5. The Balaban J connectivity index is 1.62. The second kappa shape index (κ2) is 8.88. The van der Waals surface area contributed by atoms with E-state index in [2.05, 4.69) is 10.6 Å². The highest BCUT2D eigenvalue weighted by atomic mass is 16.5. The van der Waals surface area contributed by atoms with Crippen LogP contribution in [0.4, 0.5) is 10.5 Å². The van der Waals surface area contributed by atoms with E-state index >= 15 is 0 Å². The fourth-order valence-corrected chi connectivity index (χ4v) is 4.10. The van der Waals surface area contributed by atoms with E-state index in [1.54, 1.807) is 19.1 Å². The molecule has 31 heavy (non-hydrogen) atoms. The largest absolute Gasteiger partial charge is 0.493 e. The molecule has 1 fully saturated rings. The minimum Gasteiger partial charge on any atom is -0.493 e. The van der Waals surface area contributed by atoms with Gasteiger partial charge >= 0.3 is 6.03 Å². The van der Waals surface area contributed by atoms with E-state index in [-0.39, 0.29) is 23.9 Å². The molecule has 2 aromatic rings. The van der Waals surface area contributed by atoms with Crippen molar-refractivity contribution in [2.24, 2.45) is 5.92 Å². The second-order valence-electron chi connectivity index (χ2n) is 8.18. The molecule has 0 unspecified atom stereocenters. The lowest BCUT2D eigenvalue weighted by molar-refractivity contribution is -0.122. The molecule has 2 aromatic carbocycles. The van der Waals surface area contributed by atoms with Crippen molar-refractivity contribution in [1.29, 1.82) is 0 Å². The second-order valence-corrected chi connectivity index (χ2v) is 8.18. The number of benzene rings is 2. The number of nitrogens with one attached hydrogen (secondary N) is 2. The Morgan fingerprint density at radius 3 is 2.52 bits per heavy atom. The number of anilines is 1. The third kappa shape index (κ3) is 4.60. The maximum atomic E-state index is 13.2. The summed E-state index contributed by atoms with van der Waals surface area (Å²) in [6.45, 7) is 2.89. The molecule has 0 aromatic heterocycles. The molecule has 4 rings (SSSR count). The van der Waals surface area contributed by atoms with E-state index in [0.29, 0.717) is 31.0 Å². The quantitative estimate of drug-likeness (QED) is 0.743. The zero-order chi connectivity index (χ0) is 22.0. The van der Waals surface area contributed by atoms with Crippen LogP contribution in [0.1, 0.15) is 35.6 Å². The zero-order valence-corrected chi connectivity index (χ0v) is 18.2. The Hall–Kier alpha value is -3.22. The molecule has 0 spiro atoms. The third-order valence-electron chi connectivity index (χ3n) is 5.95. The highest BCUT2D eigenvalue weighted by molar-refractivity contribution is 5.90. The Morgan fingerprint density at radius 1 is 1.10 bits per heavy atom. The van der Waals surface area contributed by atoms with Gasteiger partial charge in [-0.05, 0) is 67.1 Å². The number of carbonyl (C=O) groups excluding carboxylic acids is 2. The van der Waals surface area contributed by atoms with Gasteiger partial charge in [-0.15, -0.1) is 0 Å². The van der Waals surface area contributed by atoms with Crippen LogP contribution in [0.3, 0.4) is 0 Å². The van der Waals surface area contributed by atoms with Gasteiger partial charge in [0.2, 0.25) is 5.91 Å². The molecular weight excluding hydrogens is 394 g/mol. The summed E-state index contributed by atoms with van der Waals surface area (Å²) < 4.78 is 10.9. The summed E-state index contributed by atoms with van der Waals surface area (Å²) in [6, 6.07) is 11.1. The number of methoxy groups -OCH3 is 2. The Morgan fingerprint density at radius 2 is 1.84 bits per heavy atom. The van der Waals surface area contributed by atoms with Crippen LogP contribution in [0.5, 0.6) is 11.5 Å². The molecule has 164 valence electrons. The Kier molecular flexibility index (Phi) is 6.02. The summed E-state index contributed by atoms with van der Waals surface area (Å²) in [5, 5.41) is 6.05. The molecule has 2 N–H and O–H groups in total. The fourth-order valence-electron chi connectivity index (χ4n) is 4.10. The van der Waals surface area contributed by atoms with E-state index < -0.39 is 0 Å². The molecule has 0 bridgehead atoms. The Bertz CT molecular complexity index is 987. The number of rotatable bonds is 6. The first-order valence-electron chi connectivity index (χ1n) is 10.7. The molecule has 3 amide bonds. The molecule has 7 heteroatoms. The molecule has 1 aliphatic carbocycles. The lowest BCUT2D eigenvalue weighted by Gasteiger charge is -2.38. The highest BCUT2D eigenvalue weighted by Gasteiger charge is 2.35. The number of carbonyl (C=O) groups is 2. The highest BCUT2D eigenvalue weighted by Crippen LogP contribution is 2.38. The van der Waals surface area contributed by atoms with Crippen molar-refractivity contribution < 1.29 is 19.1 Å². The summed E-state index contributed by atoms with van der Waals surface area (Å²) >= 11 is 0. The van der Waals surface area contributed by atoms with Gasteiger partial charge in [-0.25, -0.2) is 4.79 Å². The molecule has 1 saturated carbocycles. The van der Waals surface area contributed by atoms with Gasteiger partial charge < -0.3 is 25.0 Å². The third-order valence-corrected chi connectivity index (χ3v) is 5.95. The predicted octanol–water partition coefficient (Wildman–Crippen LogP) is 3.67. The van der Waals surface area contributed by atoms with Gasteiger partial charge in [0.05, 0.1) is 20.3 Å². The van der Waals surface area contributed by atoms with Crippen LogP contribution >= 0.6 is 0 Å². The number of hydrogen-bond acceptors (Lipinski definition) is 4. The number of fused-ring (bicyclic) bond motifs is 1. The molecule has 1 atom stereocenters. The molecule has 0 radical (unpaired) electrons. The zero-order valence-electron chi connectivity index (χ0n) is 18.2. The molecule has 7 nitrogen and oxygen atoms in total. The van der Waals surface area contributed by atoms with E-state index in [9.17, 15) is 9.59 Å². The van der Waals surface area contributed by atoms with Gasteiger partial charge in [-0.2, -0.15) is 0 Å². The number of amides is 3. The average molecular weight is 424 g/mol. The lowest BCUT2D eigenvalue weighted by atomic mass is 9.91. The summed E-state index contributed by atoms with van der Waals surface area (Å²) in [5.74, 6) is 1.45. The minimum atomic E-state index is -0.295. The van der Waals surface area contributed by atoms with E-state index in [1.165, 1.54) is 0 Å². The van der Waals surface area contributed by atoms with Crippen molar-refractivity contribution in [3.05, 3.63) is 53.1 Å². The SMILES string of the molecule is COc1cc2c(cc1OC)[C@H](CNC(=O)C1CC1)N(C(=O)Nc1cccc(C)c1)CC2. The van der Waals surface area contributed by atoms with Gasteiger partial charge in [-0.3, -0.25) is 4.79 Å². The summed E-state index contributed by atoms with van der Waals surface area (Å²) in [7, 11) is 3.21. The topological polar surface area (TPSA) is 79.9 Å². The lowest BCUT2D eigenvalue weighted by Crippen LogP contribution is -2.47. The first kappa shape index (κ1) is 21.0. The van der Waals surface area contributed by atoms with Crippen LogP contribution in [0.15, 0.2) is 36.4 Å². The van der Waals surface area contributed by atoms with E-state index in [1.807, 2.05) is 43.3 Å². The first-order chi connectivity index (χ1) is 15.0. The number of nitrogens with zero attached hydrogens (tertiary/aromatic N) is 1. The monoisotopic (exact) mass is 423 g/mol. The minimum absolute atomic E-state index is 0.0617. The molecular formula is C24H29N3O4. The van der Waals surface area contributed by atoms with E-state index in [0.717, 1.165) is 35.2 Å².